The van der Waals surface area contributed by atoms with E-state index in [4.69, 9.17) is 25.8 Å². The van der Waals surface area contributed by atoms with E-state index in [2.05, 4.69) is 0 Å². The smallest absolute Gasteiger partial charge is 0.264 e. The Bertz CT molecular complexity index is 590. The molecule has 0 N–H and O–H groups in total. The third-order valence-electron chi connectivity index (χ3n) is 4.62. The highest BCUT2D eigenvalue weighted by molar-refractivity contribution is 6.30. The molecule has 118 valence electrons. The average Bonchev–Trinajstić information content (AvgIpc) is 3.14. The molecule has 1 atom stereocenters. The molecule has 3 aliphatic heterocycles. The molecule has 0 saturated carbocycles. The summed E-state index contributed by atoms with van der Waals surface area (Å²) in [5.74, 6) is 0.350. The number of halogens is 1. The summed E-state index contributed by atoms with van der Waals surface area (Å²) in [5.41, 5.74) is 1.00. The van der Waals surface area contributed by atoms with Gasteiger partial charge >= 0.3 is 0 Å². The van der Waals surface area contributed by atoms with Crippen molar-refractivity contribution < 1.29 is 19.0 Å². The van der Waals surface area contributed by atoms with Gasteiger partial charge in [-0.15, -0.1) is 0 Å². The molecule has 5 nitrogen and oxygen atoms in total. The number of benzene rings is 1. The first-order valence-electron chi connectivity index (χ1n) is 7.67. The van der Waals surface area contributed by atoms with Crippen LogP contribution in [0.4, 0.5) is 0 Å². The van der Waals surface area contributed by atoms with Gasteiger partial charge in [0.1, 0.15) is 5.75 Å². The minimum Gasteiger partial charge on any atom is -0.480 e. The Kier molecular flexibility index (Phi) is 3.51. The van der Waals surface area contributed by atoms with Crippen molar-refractivity contribution in [1.82, 2.24) is 4.90 Å². The van der Waals surface area contributed by atoms with Crippen LogP contribution < -0.4 is 4.74 Å². The first-order chi connectivity index (χ1) is 10.7. The SMILES string of the molecule is O=C([C@H]1Cc2cc(Cl)ccc2O1)N1CCC2(CC1)OCCO2. The van der Waals surface area contributed by atoms with Crippen LogP contribution in [-0.4, -0.2) is 49.0 Å². The number of carbonyl (C=O) groups excluding carboxylic acids is 1. The summed E-state index contributed by atoms with van der Waals surface area (Å²) in [7, 11) is 0. The predicted octanol–water partition coefficient (Wildman–Crippen LogP) is 2.01. The molecular weight excluding hydrogens is 306 g/mol. The number of nitrogens with zero attached hydrogens (tertiary/aromatic N) is 1. The van der Waals surface area contributed by atoms with Crippen LogP contribution in [-0.2, 0) is 20.7 Å². The van der Waals surface area contributed by atoms with Crippen molar-refractivity contribution in [1.29, 1.82) is 0 Å². The zero-order chi connectivity index (χ0) is 15.2. The molecule has 0 aliphatic carbocycles. The molecule has 1 aromatic carbocycles. The lowest BCUT2D eigenvalue weighted by molar-refractivity contribution is -0.188. The molecule has 1 amide bonds. The number of hydrogen-bond acceptors (Lipinski definition) is 4. The largest absolute Gasteiger partial charge is 0.480 e. The zero-order valence-electron chi connectivity index (χ0n) is 12.2. The van der Waals surface area contributed by atoms with Gasteiger partial charge in [0, 0.05) is 37.4 Å². The van der Waals surface area contributed by atoms with Gasteiger partial charge in [0.05, 0.1) is 13.2 Å². The second-order valence-corrected chi connectivity index (χ2v) is 6.43. The molecule has 0 aromatic heterocycles. The Morgan fingerprint density at radius 2 is 1.95 bits per heavy atom. The van der Waals surface area contributed by atoms with Gasteiger partial charge in [0.2, 0.25) is 0 Å². The molecule has 6 heteroatoms. The van der Waals surface area contributed by atoms with E-state index in [9.17, 15) is 4.79 Å². The maximum atomic E-state index is 12.6. The van der Waals surface area contributed by atoms with Gasteiger partial charge in [-0.25, -0.2) is 0 Å². The van der Waals surface area contributed by atoms with Crippen molar-refractivity contribution in [2.75, 3.05) is 26.3 Å². The van der Waals surface area contributed by atoms with E-state index in [0.29, 0.717) is 37.7 Å². The number of hydrogen-bond donors (Lipinski definition) is 0. The van der Waals surface area contributed by atoms with Crippen molar-refractivity contribution in [2.45, 2.75) is 31.2 Å². The Hall–Kier alpha value is -1.30. The van der Waals surface area contributed by atoms with Crippen LogP contribution in [0.15, 0.2) is 18.2 Å². The van der Waals surface area contributed by atoms with Crippen molar-refractivity contribution in [3.63, 3.8) is 0 Å². The summed E-state index contributed by atoms with van der Waals surface area (Å²) in [5, 5.41) is 0.672. The maximum Gasteiger partial charge on any atom is 0.264 e. The van der Waals surface area contributed by atoms with E-state index in [1.807, 2.05) is 17.0 Å². The van der Waals surface area contributed by atoms with Crippen molar-refractivity contribution >= 4 is 17.5 Å². The van der Waals surface area contributed by atoms with Crippen LogP contribution in [0.1, 0.15) is 18.4 Å². The molecule has 1 spiro atoms. The number of likely N-dealkylation sites (tertiary alicyclic amines) is 1. The Morgan fingerprint density at radius 3 is 2.68 bits per heavy atom. The van der Waals surface area contributed by atoms with Gasteiger partial charge in [-0.05, 0) is 23.8 Å². The normalized spacial score (nSPS) is 26.0. The fraction of sp³-hybridized carbons (Fsp3) is 0.562. The fourth-order valence-electron chi connectivity index (χ4n) is 3.41. The number of carbonyl (C=O) groups is 1. The fourth-order valence-corrected chi connectivity index (χ4v) is 3.61. The number of piperidine rings is 1. The number of amides is 1. The van der Waals surface area contributed by atoms with Crippen LogP contribution >= 0.6 is 11.6 Å². The second-order valence-electron chi connectivity index (χ2n) is 6.00. The molecular formula is C16H18ClNO4. The molecule has 0 bridgehead atoms. The standard InChI is InChI=1S/C16H18ClNO4/c17-12-1-2-13-11(9-12)10-14(22-13)15(19)18-5-3-16(4-6-18)20-7-8-21-16/h1-2,9,14H,3-8,10H2/t14-/m1/s1. The van der Waals surface area contributed by atoms with Crippen LogP contribution in [0.2, 0.25) is 5.02 Å². The summed E-state index contributed by atoms with van der Waals surface area (Å²) in [4.78, 5) is 14.5. The third kappa shape index (κ3) is 2.47. The highest BCUT2D eigenvalue weighted by atomic mass is 35.5. The first-order valence-corrected chi connectivity index (χ1v) is 8.05. The van der Waals surface area contributed by atoms with Gasteiger partial charge in [0.25, 0.3) is 5.91 Å². The van der Waals surface area contributed by atoms with Crippen LogP contribution in [0.3, 0.4) is 0 Å². The highest BCUT2D eigenvalue weighted by Crippen LogP contribution is 2.34. The molecule has 0 unspecified atom stereocenters. The zero-order valence-corrected chi connectivity index (χ0v) is 13.0. The summed E-state index contributed by atoms with van der Waals surface area (Å²) in [6.07, 6.45) is 1.60. The summed E-state index contributed by atoms with van der Waals surface area (Å²) in [6, 6.07) is 5.48. The predicted molar refractivity (Wildman–Crippen MR) is 80.0 cm³/mol. The lowest BCUT2D eigenvalue weighted by Gasteiger charge is -2.38. The molecule has 4 rings (SSSR count). The maximum absolute atomic E-state index is 12.6. The molecule has 3 aliphatic rings. The van der Waals surface area contributed by atoms with E-state index in [-0.39, 0.29) is 5.91 Å². The van der Waals surface area contributed by atoms with Gasteiger partial charge in [-0.1, -0.05) is 11.6 Å². The summed E-state index contributed by atoms with van der Waals surface area (Å²) < 4.78 is 17.2. The van der Waals surface area contributed by atoms with E-state index >= 15 is 0 Å². The van der Waals surface area contributed by atoms with Crippen molar-refractivity contribution in [3.05, 3.63) is 28.8 Å². The molecule has 3 heterocycles. The van der Waals surface area contributed by atoms with Crippen molar-refractivity contribution in [3.8, 4) is 5.75 Å². The van der Waals surface area contributed by atoms with Crippen LogP contribution in [0.5, 0.6) is 5.75 Å². The Labute approximate surface area is 134 Å². The van der Waals surface area contributed by atoms with Gasteiger partial charge in [0.15, 0.2) is 11.9 Å². The molecule has 2 saturated heterocycles. The molecule has 22 heavy (non-hydrogen) atoms. The number of ether oxygens (including phenoxy) is 3. The minimum atomic E-state index is -0.455. The lowest BCUT2D eigenvalue weighted by Crippen LogP contribution is -2.50. The van der Waals surface area contributed by atoms with Crippen LogP contribution in [0, 0.1) is 0 Å². The van der Waals surface area contributed by atoms with Crippen molar-refractivity contribution in [2.24, 2.45) is 0 Å². The van der Waals surface area contributed by atoms with E-state index < -0.39 is 11.9 Å². The van der Waals surface area contributed by atoms with E-state index in [1.165, 1.54) is 0 Å². The first kappa shape index (κ1) is 14.3. The summed E-state index contributed by atoms with van der Waals surface area (Å²) in [6.45, 7) is 2.59. The van der Waals surface area contributed by atoms with Gasteiger partial charge < -0.3 is 19.1 Å². The average molecular weight is 324 g/mol. The lowest BCUT2D eigenvalue weighted by atomic mass is 10.0. The quantitative estimate of drug-likeness (QED) is 0.793. The number of rotatable bonds is 1. The van der Waals surface area contributed by atoms with Gasteiger partial charge in [-0.2, -0.15) is 0 Å². The molecule has 0 radical (unpaired) electrons. The topological polar surface area (TPSA) is 48.0 Å². The Morgan fingerprint density at radius 1 is 1.23 bits per heavy atom. The molecule has 1 aromatic rings. The highest BCUT2D eigenvalue weighted by Gasteiger charge is 2.42. The van der Waals surface area contributed by atoms with Gasteiger partial charge in [-0.3, -0.25) is 4.79 Å². The van der Waals surface area contributed by atoms with E-state index in [1.54, 1.807) is 6.07 Å². The second kappa shape index (κ2) is 5.41. The minimum absolute atomic E-state index is 0.0418. The van der Waals surface area contributed by atoms with E-state index in [0.717, 1.165) is 24.2 Å². The summed E-state index contributed by atoms with van der Waals surface area (Å²) >= 11 is 5.99. The molecule has 2 fully saturated rings. The third-order valence-corrected chi connectivity index (χ3v) is 4.86. The van der Waals surface area contributed by atoms with Crippen LogP contribution in [0.25, 0.3) is 0 Å². The number of fused-ring (bicyclic) bond motifs is 1. The Balaban J connectivity index is 1.39. The monoisotopic (exact) mass is 323 g/mol.